The van der Waals surface area contributed by atoms with Crippen LogP contribution >= 0.6 is 11.8 Å². The summed E-state index contributed by atoms with van der Waals surface area (Å²) in [4.78, 5) is 8.02. The Morgan fingerprint density at radius 3 is 2.44 bits per heavy atom. The quantitative estimate of drug-likeness (QED) is 0.845. The van der Waals surface area contributed by atoms with Gasteiger partial charge in [-0.3, -0.25) is 0 Å². The standard InChI is InChI=1S/C14H17N3S/c1-16-11-8-15-14(16)18-13-6-4-12(5-7-13)17-9-2-3-10-17/h4-8,11H,2-3,9-10H2,1H3. The smallest absolute Gasteiger partial charge is 0.172 e. The third kappa shape index (κ3) is 2.38. The van der Waals surface area contributed by atoms with Gasteiger partial charge in [0.15, 0.2) is 5.16 Å². The maximum atomic E-state index is 4.33. The molecule has 18 heavy (non-hydrogen) atoms. The third-order valence-electron chi connectivity index (χ3n) is 3.29. The van der Waals surface area contributed by atoms with Gasteiger partial charge in [0.1, 0.15) is 0 Å². The second kappa shape index (κ2) is 5.06. The summed E-state index contributed by atoms with van der Waals surface area (Å²) in [6.07, 6.45) is 6.45. The van der Waals surface area contributed by atoms with E-state index in [1.807, 2.05) is 24.0 Å². The van der Waals surface area contributed by atoms with Crippen molar-refractivity contribution in [1.82, 2.24) is 9.55 Å². The predicted molar refractivity (Wildman–Crippen MR) is 75.2 cm³/mol. The molecule has 0 amide bonds. The Morgan fingerprint density at radius 2 is 1.83 bits per heavy atom. The van der Waals surface area contributed by atoms with Gasteiger partial charge in [0.05, 0.1) is 0 Å². The summed E-state index contributed by atoms with van der Waals surface area (Å²) in [5.74, 6) is 0. The third-order valence-corrected chi connectivity index (χ3v) is 4.38. The van der Waals surface area contributed by atoms with Gasteiger partial charge in [-0.05, 0) is 37.1 Å². The van der Waals surface area contributed by atoms with Crippen LogP contribution in [0.15, 0.2) is 46.7 Å². The molecule has 2 heterocycles. The van der Waals surface area contributed by atoms with Gasteiger partial charge in [0.2, 0.25) is 0 Å². The summed E-state index contributed by atoms with van der Waals surface area (Å²) in [5.41, 5.74) is 1.34. The van der Waals surface area contributed by atoms with E-state index in [0.29, 0.717) is 0 Å². The van der Waals surface area contributed by atoms with Crippen LogP contribution in [0.3, 0.4) is 0 Å². The molecule has 0 spiro atoms. The molecule has 94 valence electrons. The fraction of sp³-hybridized carbons (Fsp3) is 0.357. The lowest BCUT2D eigenvalue weighted by Crippen LogP contribution is -2.17. The highest BCUT2D eigenvalue weighted by Gasteiger charge is 2.12. The molecule has 0 saturated carbocycles. The minimum Gasteiger partial charge on any atom is -0.372 e. The Balaban J connectivity index is 1.73. The van der Waals surface area contributed by atoms with E-state index in [1.54, 1.807) is 11.8 Å². The Morgan fingerprint density at radius 1 is 1.11 bits per heavy atom. The number of anilines is 1. The fourth-order valence-corrected chi connectivity index (χ4v) is 3.06. The highest BCUT2D eigenvalue weighted by atomic mass is 32.2. The maximum Gasteiger partial charge on any atom is 0.172 e. The van der Waals surface area contributed by atoms with Gasteiger partial charge < -0.3 is 9.47 Å². The second-order valence-corrected chi connectivity index (χ2v) is 5.65. The molecule has 0 unspecified atom stereocenters. The number of aryl methyl sites for hydroxylation is 1. The van der Waals surface area contributed by atoms with Crippen LogP contribution in [0.5, 0.6) is 0 Å². The van der Waals surface area contributed by atoms with Crippen molar-refractivity contribution in [3.8, 4) is 0 Å². The molecule has 0 atom stereocenters. The van der Waals surface area contributed by atoms with Crippen LogP contribution in [-0.2, 0) is 7.05 Å². The summed E-state index contributed by atoms with van der Waals surface area (Å²) in [5, 5.41) is 1.03. The zero-order chi connectivity index (χ0) is 12.4. The van der Waals surface area contributed by atoms with E-state index in [9.17, 15) is 0 Å². The molecule has 2 aromatic rings. The van der Waals surface area contributed by atoms with E-state index >= 15 is 0 Å². The first-order valence-electron chi connectivity index (χ1n) is 6.33. The summed E-state index contributed by atoms with van der Waals surface area (Å²) >= 11 is 1.71. The zero-order valence-corrected chi connectivity index (χ0v) is 11.4. The summed E-state index contributed by atoms with van der Waals surface area (Å²) in [6.45, 7) is 2.40. The molecule has 0 radical (unpaired) electrons. The molecule has 1 aromatic carbocycles. The lowest BCUT2D eigenvalue weighted by atomic mass is 10.3. The van der Waals surface area contributed by atoms with Gasteiger partial charge in [-0.15, -0.1) is 0 Å². The van der Waals surface area contributed by atoms with Crippen LogP contribution in [0.4, 0.5) is 5.69 Å². The fourth-order valence-electron chi connectivity index (χ4n) is 2.26. The van der Waals surface area contributed by atoms with Gasteiger partial charge in [-0.25, -0.2) is 4.98 Å². The number of benzene rings is 1. The minimum absolute atomic E-state index is 1.03. The van der Waals surface area contributed by atoms with Crippen LogP contribution < -0.4 is 4.90 Å². The van der Waals surface area contributed by atoms with Crippen LogP contribution in [0.2, 0.25) is 0 Å². The van der Waals surface area contributed by atoms with Gasteiger partial charge >= 0.3 is 0 Å². The Kier molecular flexibility index (Phi) is 3.28. The summed E-state index contributed by atoms with van der Waals surface area (Å²) < 4.78 is 2.04. The van der Waals surface area contributed by atoms with E-state index in [-0.39, 0.29) is 0 Å². The van der Waals surface area contributed by atoms with Crippen molar-refractivity contribution in [2.45, 2.75) is 22.9 Å². The largest absolute Gasteiger partial charge is 0.372 e. The summed E-state index contributed by atoms with van der Waals surface area (Å²) in [7, 11) is 2.02. The monoisotopic (exact) mass is 259 g/mol. The average molecular weight is 259 g/mol. The van der Waals surface area contributed by atoms with Crippen molar-refractivity contribution in [1.29, 1.82) is 0 Å². The van der Waals surface area contributed by atoms with E-state index in [1.165, 1.54) is 36.5 Å². The van der Waals surface area contributed by atoms with Crippen LogP contribution in [0.1, 0.15) is 12.8 Å². The molecule has 0 bridgehead atoms. The normalized spacial score (nSPS) is 15.3. The maximum absolute atomic E-state index is 4.33. The molecule has 1 aliphatic heterocycles. The molecule has 1 fully saturated rings. The van der Waals surface area contributed by atoms with Crippen LogP contribution in [-0.4, -0.2) is 22.6 Å². The molecule has 1 aromatic heterocycles. The number of rotatable bonds is 3. The molecule has 4 heteroatoms. The first kappa shape index (κ1) is 11.7. The Hall–Kier alpha value is -1.42. The van der Waals surface area contributed by atoms with Gasteiger partial charge in [0.25, 0.3) is 0 Å². The highest BCUT2D eigenvalue weighted by molar-refractivity contribution is 7.99. The summed E-state index contributed by atoms with van der Waals surface area (Å²) in [6, 6.07) is 8.81. The van der Waals surface area contributed by atoms with Crippen LogP contribution in [0.25, 0.3) is 0 Å². The van der Waals surface area contributed by atoms with E-state index < -0.39 is 0 Å². The molecule has 3 rings (SSSR count). The van der Waals surface area contributed by atoms with Crippen molar-refractivity contribution < 1.29 is 0 Å². The van der Waals surface area contributed by atoms with Crippen molar-refractivity contribution in [3.05, 3.63) is 36.7 Å². The molecular weight excluding hydrogens is 242 g/mol. The van der Waals surface area contributed by atoms with E-state index in [0.717, 1.165) is 5.16 Å². The lowest BCUT2D eigenvalue weighted by molar-refractivity contribution is 0.790. The number of aromatic nitrogens is 2. The van der Waals surface area contributed by atoms with Gasteiger partial charge in [0, 0.05) is 43.1 Å². The first-order valence-corrected chi connectivity index (χ1v) is 7.15. The molecule has 0 N–H and O–H groups in total. The molecule has 0 aliphatic carbocycles. The van der Waals surface area contributed by atoms with Crippen molar-refractivity contribution in [3.63, 3.8) is 0 Å². The Labute approximate surface area is 112 Å². The van der Waals surface area contributed by atoms with Crippen molar-refractivity contribution in [2.24, 2.45) is 7.05 Å². The lowest BCUT2D eigenvalue weighted by Gasteiger charge is -2.17. The van der Waals surface area contributed by atoms with Crippen molar-refractivity contribution in [2.75, 3.05) is 18.0 Å². The molecular formula is C14H17N3S. The van der Waals surface area contributed by atoms with Gasteiger partial charge in [-0.2, -0.15) is 0 Å². The number of hydrogen-bond acceptors (Lipinski definition) is 3. The first-order chi connectivity index (χ1) is 8.83. The SMILES string of the molecule is Cn1ccnc1Sc1ccc(N2CCCC2)cc1. The highest BCUT2D eigenvalue weighted by Crippen LogP contribution is 2.28. The van der Waals surface area contributed by atoms with E-state index in [4.69, 9.17) is 0 Å². The van der Waals surface area contributed by atoms with Crippen molar-refractivity contribution >= 4 is 17.4 Å². The molecule has 3 nitrogen and oxygen atoms in total. The Bertz CT molecular complexity index is 512. The average Bonchev–Trinajstić information content (AvgIpc) is 3.03. The topological polar surface area (TPSA) is 21.1 Å². The van der Waals surface area contributed by atoms with Crippen LogP contribution in [0, 0.1) is 0 Å². The van der Waals surface area contributed by atoms with E-state index in [2.05, 4.69) is 34.1 Å². The molecule has 1 saturated heterocycles. The zero-order valence-electron chi connectivity index (χ0n) is 10.5. The number of hydrogen-bond donors (Lipinski definition) is 0. The minimum atomic E-state index is 1.03. The molecule has 1 aliphatic rings. The van der Waals surface area contributed by atoms with Gasteiger partial charge in [-0.1, -0.05) is 11.8 Å². The predicted octanol–water partition coefficient (Wildman–Crippen LogP) is 3.17. The number of nitrogens with zero attached hydrogens (tertiary/aromatic N) is 3. The number of imidazole rings is 1. The second-order valence-electron chi connectivity index (χ2n) is 4.61.